The summed E-state index contributed by atoms with van der Waals surface area (Å²) in [6.45, 7) is 2.36. The summed E-state index contributed by atoms with van der Waals surface area (Å²) >= 11 is 6.29. The van der Waals surface area contributed by atoms with Crippen molar-refractivity contribution in [2.24, 2.45) is 0 Å². The molecule has 0 atom stereocenters. The van der Waals surface area contributed by atoms with E-state index in [1.807, 2.05) is 19.2 Å². The molecular formula is C18H22BClN4O2. The van der Waals surface area contributed by atoms with Gasteiger partial charge in [-0.05, 0) is 37.5 Å². The Morgan fingerprint density at radius 3 is 2.88 bits per heavy atom. The van der Waals surface area contributed by atoms with Gasteiger partial charge < -0.3 is 20.3 Å². The molecule has 1 fully saturated rings. The van der Waals surface area contributed by atoms with Crippen LogP contribution >= 0.6 is 11.6 Å². The summed E-state index contributed by atoms with van der Waals surface area (Å²) in [5, 5.41) is 17.1. The van der Waals surface area contributed by atoms with E-state index in [1.165, 1.54) is 32.1 Å². The molecule has 1 aliphatic heterocycles. The predicted octanol–water partition coefficient (Wildman–Crippen LogP) is 3.14. The van der Waals surface area contributed by atoms with E-state index >= 15 is 0 Å². The van der Waals surface area contributed by atoms with Crippen LogP contribution in [0.3, 0.4) is 0 Å². The molecule has 1 aromatic heterocycles. The summed E-state index contributed by atoms with van der Waals surface area (Å²) in [6, 6.07) is 4.16. The molecular weight excluding hydrogens is 350 g/mol. The van der Waals surface area contributed by atoms with Crippen LogP contribution in [-0.4, -0.2) is 28.2 Å². The summed E-state index contributed by atoms with van der Waals surface area (Å²) in [4.78, 5) is 9.02. The highest BCUT2D eigenvalue weighted by molar-refractivity contribution is 6.65. The molecule has 2 aromatic rings. The molecule has 8 heteroatoms. The normalized spacial score (nSPS) is 17.3. The van der Waals surface area contributed by atoms with Gasteiger partial charge in [0.1, 0.15) is 5.82 Å². The quantitative estimate of drug-likeness (QED) is 0.716. The van der Waals surface area contributed by atoms with E-state index < -0.39 is 7.12 Å². The second kappa shape index (κ2) is 7.43. The molecule has 0 unspecified atom stereocenters. The highest BCUT2D eigenvalue weighted by Crippen LogP contribution is 2.26. The maximum Gasteiger partial charge on any atom is 0.493 e. The van der Waals surface area contributed by atoms with Crippen molar-refractivity contribution in [1.82, 2.24) is 9.97 Å². The average molecular weight is 373 g/mol. The fourth-order valence-electron chi connectivity index (χ4n) is 3.61. The maximum atomic E-state index is 9.81. The van der Waals surface area contributed by atoms with Crippen molar-refractivity contribution < 1.29 is 9.68 Å². The zero-order valence-corrected chi connectivity index (χ0v) is 15.5. The van der Waals surface area contributed by atoms with Gasteiger partial charge in [0.25, 0.3) is 0 Å². The molecule has 1 aromatic carbocycles. The molecule has 1 aliphatic carbocycles. The number of nitrogens with zero attached hydrogens (tertiary/aromatic N) is 2. The van der Waals surface area contributed by atoms with Gasteiger partial charge in [-0.1, -0.05) is 30.9 Å². The first-order chi connectivity index (χ1) is 12.6. The first-order valence-electron chi connectivity index (χ1n) is 9.09. The molecule has 0 radical (unpaired) electrons. The molecule has 0 spiro atoms. The van der Waals surface area contributed by atoms with Crippen LogP contribution in [0.4, 0.5) is 17.5 Å². The minimum atomic E-state index is -0.950. The largest absolute Gasteiger partial charge is 0.493 e. The maximum absolute atomic E-state index is 9.81. The third-order valence-corrected chi connectivity index (χ3v) is 5.35. The van der Waals surface area contributed by atoms with E-state index in [0.29, 0.717) is 29.1 Å². The number of aromatic nitrogens is 2. The Morgan fingerprint density at radius 2 is 2.08 bits per heavy atom. The molecule has 0 amide bonds. The Bertz CT molecular complexity index is 814. The van der Waals surface area contributed by atoms with Crippen LogP contribution in [0.1, 0.15) is 43.2 Å². The van der Waals surface area contributed by atoms with Crippen molar-refractivity contribution in [3.63, 3.8) is 0 Å². The SMILES string of the molecule is Cc1cnc(Nc2cc(Cl)c3c(c2)COB3O)nc1NC1CCCCC1. The lowest BCUT2D eigenvalue weighted by atomic mass is 9.79. The van der Waals surface area contributed by atoms with Crippen LogP contribution in [0.5, 0.6) is 0 Å². The Kier molecular flexibility index (Phi) is 5.02. The summed E-state index contributed by atoms with van der Waals surface area (Å²) in [5.74, 6) is 1.39. The highest BCUT2D eigenvalue weighted by atomic mass is 35.5. The summed E-state index contributed by atoms with van der Waals surface area (Å²) < 4.78 is 5.23. The van der Waals surface area contributed by atoms with E-state index in [0.717, 1.165) is 22.6 Å². The van der Waals surface area contributed by atoms with Crippen molar-refractivity contribution in [3.8, 4) is 0 Å². The zero-order chi connectivity index (χ0) is 18.1. The number of rotatable bonds is 4. The van der Waals surface area contributed by atoms with Crippen molar-refractivity contribution in [2.75, 3.05) is 10.6 Å². The van der Waals surface area contributed by atoms with Crippen LogP contribution in [0.15, 0.2) is 18.3 Å². The van der Waals surface area contributed by atoms with Gasteiger partial charge >= 0.3 is 7.12 Å². The van der Waals surface area contributed by atoms with Crippen LogP contribution < -0.4 is 16.1 Å². The minimum absolute atomic E-state index is 0.342. The number of hydrogen-bond donors (Lipinski definition) is 3. The topological polar surface area (TPSA) is 79.3 Å². The molecule has 1 saturated carbocycles. The first kappa shape index (κ1) is 17.6. The second-order valence-corrected chi connectivity index (χ2v) is 7.43. The van der Waals surface area contributed by atoms with Gasteiger partial charge in [-0.25, -0.2) is 4.98 Å². The molecule has 6 nitrogen and oxygen atoms in total. The number of aryl methyl sites for hydroxylation is 1. The Balaban J connectivity index is 1.53. The van der Waals surface area contributed by atoms with Gasteiger partial charge in [0.05, 0.1) is 6.61 Å². The zero-order valence-electron chi connectivity index (χ0n) is 14.8. The lowest BCUT2D eigenvalue weighted by Gasteiger charge is -2.24. The van der Waals surface area contributed by atoms with Crippen LogP contribution in [-0.2, 0) is 11.3 Å². The fourth-order valence-corrected chi connectivity index (χ4v) is 3.94. The van der Waals surface area contributed by atoms with Crippen molar-refractivity contribution in [1.29, 1.82) is 0 Å². The number of nitrogens with one attached hydrogen (secondary N) is 2. The summed E-state index contributed by atoms with van der Waals surface area (Å²) in [7, 11) is -0.950. The molecule has 26 heavy (non-hydrogen) atoms. The van der Waals surface area contributed by atoms with Crippen LogP contribution in [0.25, 0.3) is 0 Å². The van der Waals surface area contributed by atoms with Gasteiger partial charge in [0.15, 0.2) is 0 Å². The summed E-state index contributed by atoms with van der Waals surface area (Å²) in [5.41, 5.74) is 3.32. The smallest absolute Gasteiger partial charge is 0.423 e. The first-order valence-corrected chi connectivity index (χ1v) is 9.47. The van der Waals surface area contributed by atoms with Crippen LogP contribution in [0, 0.1) is 6.92 Å². The van der Waals surface area contributed by atoms with Gasteiger partial charge in [0, 0.05) is 34.0 Å². The Labute approximate surface area is 158 Å². The lowest BCUT2D eigenvalue weighted by Crippen LogP contribution is -2.29. The number of fused-ring (bicyclic) bond motifs is 1. The minimum Gasteiger partial charge on any atom is -0.423 e. The Morgan fingerprint density at radius 1 is 1.27 bits per heavy atom. The van der Waals surface area contributed by atoms with Crippen molar-refractivity contribution >= 4 is 41.6 Å². The number of halogens is 1. The molecule has 2 heterocycles. The number of hydrogen-bond acceptors (Lipinski definition) is 6. The van der Waals surface area contributed by atoms with E-state index in [2.05, 4.69) is 20.6 Å². The lowest BCUT2D eigenvalue weighted by molar-refractivity contribution is 0.275. The Hall–Kier alpha value is -1.83. The fraction of sp³-hybridized carbons (Fsp3) is 0.444. The summed E-state index contributed by atoms with van der Waals surface area (Å²) in [6.07, 6.45) is 8.07. The molecule has 136 valence electrons. The molecule has 0 saturated heterocycles. The van der Waals surface area contributed by atoms with E-state index in [-0.39, 0.29) is 0 Å². The van der Waals surface area contributed by atoms with Gasteiger partial charge in [0.2, 0.25) is 5.95 Å². The second-order valence-electron chi connectivity index (χ2n) is 7.02. The van der Waals surface area contributed by atoms with Gasteiger partial charge in [-0.2, -0.15) is 4.98 Å². The standard InChI is InChI=1S/C18H22BClN4O2/c1-11-9-21-18(24-17(11)22-13-5-3-2-4-6-13)23-14-7-12-10-26-19(25)16(12)15(20)8-14/h7-9,13,25H,2-6,10H2,1H3,(H2,21,22,23,24). The number of anilines is 3. The third-order valence-electron chi connectivity index (χ3n) is 5.03. The third kappa shape index (κ3) is 3.65. The van der Waals surface area contributed by atoms with E-state index in [1.54, 1.807) is 6.07 Å². The molecule has 0 bridgehead atoms. The van der Waals surface area contributed by atoms with Crippen LogP contribution in [0.2, 0.25) is 5.02 Å². The van der Waals surface area contributed by atoms with Crippen molar-refractivity contribution in [2.45, 2.75) is 51.7 Å². The molecule has 2 aliphatic rings. The van der Waals surface area contributed by atoms with Crippen molar-refractivity contribution in [3.05, 3.63) is 34.5 Å². The van der Waals surface area contributed by atoms with E-state index in [4.69, 9.17) is 16.3 Å². The molecule has 4 rings (SSSR count). The monoisotopic (exact) mass is 372 g/mol. The molecule has 3 N–H and O–H groups in total. The predicted molar refractivity (Wildman–Crippen MR) is 104 cm³/mol. The van der Waals surface area contributed by atoms with Gasteiger partial charge in [-0.3, -0.25) is 0 Å². The highest BCUT2D eigenvalue weighted by Gasteiger charge is 2.30. The van der Waals surface area contributed by atoms with Gasteiger partial charge in [-0.15, -0.1) is 0 Å². The van der Waals surface area contributed by atoms with E-state index in [9.17, 15) is 5.02 Å². The number of benzene rings is 1. The average Bonchev–Trinajstić information content (AvgIpc) is 3.00.